The molecule has 7 heteroatoms. The molecular formula is C13H14ClF3N2O. The molecule has 0 amide bonds. The second-order valence-corrected chi connectivity index (χ2v) is 5.77. The van der Waals surface area contributed by atoms with Gasteiger partial charge in [0.2, 0.25) is 5.88 Å². The van der Waals surface area contributed by atoms with Gasteiger partial charge in [0, 0.05) is 18.3 Å². The largest absolute Gasteiger partial charge is 0.473 e. The topological polar surface area (TPSA) is 34.1 Å². The van der Waals surface area contributed by atoms with Gasteiger partial charge in [0.25, 0.3) is 0 Å². The second kappa shape index (κ2) is 5.07. The van der Waals surface area contributed by atoms with Gasteiger partial charge in [-0.25, -0.2) is 4.98 Å². The average molecular weight is 307 g/mol. The molecule has 3 rings (SSSR count). The SMILES string of the molecule is FC(F)(F)c1cnc(O[C@H]2C[C@H]3CC[C@@H](C2)N3)c(Cl)c1. The Labute approximate surface area is 119 Å². The van der Waals surface area contributed by atoms with E-state index in [-0.39, 0.29) is 17.0 Å². The van der Waals surface area contributed by atoms with E-state index in [2.05, 4.69) is 10.3 Å². The molecule has 20 heavy (non-hydrogen) atoms. The molecule has 2 aliphatic heterocycles. The standard InChI is InChI=1S/C13H14ClF3N2O/c14-11-3-7(13(15,16)17)6-18-12(11)20-10-4-8-1-2-9(5-10)19-8/h3,6,8-10,19H,1-2,4-5H2/t8-,9+,10+. The molecule has 1 aromatic heterocycles. The number of ether oxygens (including phenoxy) is 1. The van der Waals surface area contributed by atoms with Crippen molar-refractivity contribution in [3.8, 4) is 5.88 Å². The summed E-state index contributed by atoms with van der Waals surface area (Å²) in [7, 11) is 0. The highest BCUT2D eigenvalue weighted by atomic mass is 35.5. The van der Waals surface area contributed by atoms with E-state index in [1.165, 1.54) is 0 Å². The Hall–Kier alpha value is -1.01. The highest BCUT2D eigenvalue weighted by Crippen LogP contribution is 2.35. The van der Waals surface area contributed by atoms with Gasteiger partial charge in [0.15, 0.2) is 0 Å². The fourth-order valence-corrected chi connectivity index (χ4v) is 3.14. The van der Waals surface area contributed by atoms with Crippen molar-refractivity contribution in [3.05, 3.63) is 22.8 Å². The first-order chi connectivity index (χ1) is 9.41. The van der Waals surface area contributed by atoms with Gasteiger partial charge in [-0.3, -0.25) is 0 Å². The van der Waals surface area contributed by atoms with Crippen molar-refractivity contribution in [2.75, 3.05) is 0 Å². The van der Waals surface area contributed by atoms with Crippen LogP contribution in [0.25, 0.3) is 0 Å². The van der Waals surface area contributed by atoms with E-state index in [0.29, 0.717) is 12.1 Å². The third kappa shape index (κ3) is 2.86. The first-order valence-corrected chi connectivity index (χ1v) is 6.95. The lowest BCUT2D eigenvalue weighted by atomic mass is 10.0. The predicted molar refractivity (Wildman–Crippen MR) is 67.8 cm³/mol. The van der Waals surface area contributed by atoms with E-state index in [4.69, 9.17) is 16.3 Å². The van der Waals surface area contributed by atoms with E-state index in [1.807, 2.05) is 0 Å². The normalized spacial score (nSPS) is 29.5. The maximum atomic E-state index is 12.5. The zero-order chi connectivity index (χ0) is 14.3. The quantitative estimate of drug-likeness (QED) is 0.909. The van der Waals surface area contributed by atoms with Crippen molar-refractivity contribution >= 4 is 11.6 Å². The minimum absolute atomic E-state index is 0.0320. The number of nitrogens with one attached hydrogen (secondary N) is 1. The van der Waals surface area contributed by atoms with Gasteiger partial charge in [-0.1, -0.05) is 11.6 Å². The number of halogens is 4. The zero-order valence-electron chi connectivity index (χ0n) is 10.6. The summed E-state index contributed by atoms with van der Waals surface area (Å²) in [5.74, 6) is 0.0889. The number of piperidine rings is 1. The first-order valence-electron chi connectivity index (χ1n) is 6.57. The Balaban J connectivity index is 1.72. The number of nitrogens with zero attached hydrogens (tertiary/aromatic N) is 1. The van der Waals surface area contributed by atoms with Gasteiger partial charge in [0.1, 0.15) is 11.1 Å². The summed E-state index contributed by atoms with van der Waals surface area (Å²) in [5.41, 5.74) is -0.861. The molecule has 0 unspecified atom stereocenters. The maximum absolute atomic E-state index is 12.5. The molecule has 0 saturated carbocycles. The molecule has 1 aromatic rings. The van der Waals surface area contributed by atoms with Crippen LogP contribution in [0.1, 0.15) is 31.2 Å². The molecule has 0 radical (unpaired) electrons. The lowest BCUT2D eigenvalue weighted by Gasteiger charge is -2.29. The average Bonchev–Trinajstić information content (AvgIpc) is 2.70. The molecule has 3 atom stereocenters. The fourth-order valence-electron chi connectivity index (χ4n) is 2.93. The molecule has 1 N–H and O–H groups in total. The van der Waals surface area contributed by atoms with E-state index < -0.39 is 11.7 Å². The number of rotatable bonds is 2. The second-order valence-electron chi connectivity index (χ2n) is 5.36. The number of hydrogen-bond donors (Lipinski definition) is 1. The molecular weight excluding hydrogens is 293 g/mol. The van der Waals surface area contributed by atoms with Crippen LogP contribution in [-0.4, -0.2) is 23.2 Å². The van der Waals surface area contributed by atoms with Crippen molar-refractivity contribution < 1.29 is 17.9 Å². The van der Waals surface area contributed by atoms with Gasteiger partial charge < -0.3 is 10.1 Å². The van der Waals surface area contributed by atoms with E-state index >= 15 is 0 Å². The third-order valence-corrected chi connectivity index (χ3v) is 4.11. The van der Waals surface area contributed by atoms with Crippen LogP contribution in [0.3, 0.4) is 0 Å². The van der Waals surface area contributed by atoms with Gasteiger partial charge in [-0.2, -0.15) is 13.2 Å². The van der Waals surface area contributed by atoms with Gasteiger partial charge in [0.05, 0.1) is 5.56 Å². The summed E-state index contributed by atoms with van der Waals surface area (Å²) in [5, 5.41) is 3.38. The Bertz CT molecular complexity index is 497. The van der Waals surface area contributed by atoms with Crippen molar-refractivity contribution in [2.24, 2.45) is 0 Å². The molecule has 2 fully saturated rings. The number of pyridine rings is 1. The zero-order valence-corrected chi connectivity index (χ0v) is 11.3. The van der Waals surface area contributed by atoms with Crippen LogP contribution in [0.4, 0.5) is 13.2 Å². The van der Waals surface area contributed by atoms with Crippen LogP contribution < -0.4 is 10.1 Å². The highest BCUT2D eigenvalue weighted by Gasteiger charge is 2.35. The molecule has 0 aromatic carbocycles. The van der Waals surface area contributed by atoms with Crippen LogP contribution in [0.5, 0.6) is 5.88 Å². The van der Waals surface area contributed by atoms with E-state index in [9.17, 15) is 13.2 Å². The van der Waals surface area contributed by atoms with Crippen molar-refractivity contribution in [3.63, 3.8) is 0 Å². The Morgan fingerprint density at radius 3 is 2.45 bits per heavy atom. The highest BCUT2D eigenvalue weighted by molar-refractivity contribution is 6.31. The maximum Gasteiger partial charge on any atom is 0.417 e. The number of hydrogen-bond acceptors (Lipinski definition) is 3. The molecule has 2 bridgehead atoms. The monoisotopic (exact) mass is 306 g/mol. The van der Waals surface area contributed by atoms with Crippen LogP contribution in [-0.2, 0) is 6.18 Å². The van der Waals surface area contributed by atoms with Crippen molar-refractivity contribution in [1.82, 2.24) is 10.3 Å². The summed E-state index contributed by atoms with van der Waals surface area (Å²) >= 11 is 5.84. The summed E-state index contributed by atoms with van der Waals surface area (Å²) in [6.45, 7) is 0. The summed E-state index contributed by atoms with van der Waals surface area (Å²) in [4.78, 5) is 3.71. The van der Waals surface area contributed by atoms with Crippen LogP contribution in [0.2, 0.25) is 5.02 Å². The number of alkyl halides is 3. The minimum atomic E-state index is -4.44. The molecule has 3 nitrogen and oxygen atoms in total. The van der Waals surface area contributed by atoms with E-state index in [0.717, 1.165) is 37.9 Å². The molecule has 2 aliphatic rings. The summed E-state index contributed by atoms with van der Waals surface area (Å²) in [6, 6.07) is 1.73. The Morgan fingerprint density at radius 1 is 1.25 bits per heavy atom. The predicted octanol–water partition coefficient (Wildman–Crippen LogP) is 3.42. The molecule has 110 valence electrons. The van der Waals surface area contributed by atoms with Crippen LogP contribution in [0, 0.1) is 0 Å². The number of aromatic nitrogens is 1. The smallest absolute Gasteiger partial charge is 0.417 e. The van der Waals surface area contributed by atoms with Crippen molar-refractivity contribution in [2.45, 2.75) is 50.0 Å². The molecule has 2 saturated heterocycles. The molecule has 0 aliphatic carbocycles. The van der Waals surface area contributed by atoms with Gasteiger partial charge in [-0.05, 0) is 31.7 Å². The Morgan fingerprint density at radius 2 is 1.90 bits per heavy atom. The summed E-state index contributed by atoms with van der Waals surface area (Å²) in [6.07, 6.45) is 0.220. The summed E-state index contributed by atoms with van der Waals surface area (Å²) < 4.78 is 43.2. The molecule has 3 heterocycles. The van der Waals surface area contributed by atoms with Crippen molar-refractivity contribution in [1.29, 1.82) is 0 Å². The lowest BCUT2D eigenvalue weighted by molar-refractivity contribution is -0.137. The fraction of sp³-hybridized carbons (Fsp3) is 0.615. The third-order valence-electron chi connectivity index (χ3n) is 3.84. The first kappa shape index (κ1) is 13.9. The van der Waals surface area contributed by atoms with Crippen LogP contribution in [0.15, 0.2) is 12.3 Å². The van der Waals surface area contributed by atoms with Crippen LogP contribution >= 0.6 is 11.6 Å². The molecule has 0 spiro atoms. The number of fused-ring (bicyclic) bond motifs is 2. The van der Waals surface area contributed by atoms with E-state index in [1.54, 1.807) is 0 Å². The lowest BCUT2D eigenvalue weighted by Crippen LogP contribution is -2.42. The van der Waals surface area contributed by atoms with Gasteiger partial charge in [-0.15, -0.1) is 0 Å². The van der Waals surface area contributed by atoms with Gasteiger partial charge >= 0.3 is 6.18 Å². The minimum Gasteiger partial charge on any atom is -0.473 e. The Kier molecular flexibility index (Phi) is 3.54.